The Morgan fingerprint density at radius 1 is 1.40 bits per heavy atom. The summed E-state index contributed by atoms with van der Waals surface area (Å²) in [5.74, 6) is 0. The van der Waals surface area contributed by atoms with Crippen molar-refractivity contribution in [3.63, 3.8) is 0 Å². The Labute approximate surface area is 125 Å². The summed E-state index contributed by atoms with van der Waals surface area (Å²) in [5.41, 5.74) is 0.678. The van der Waals surface area contributed by atoms with E-state index in [9.17, 15) is 4.79 Å². The monoisotopic (exact) mass is 295 g/mol. The van der Waals surface area contributed by atoms with Gasteiger partial charge in [0.15, 0.2) is 0 Å². The van der Waals surface area contributed by atoms with Crippen LogP contribution in [-0.4, -0.2) is 37.1 Å². The minimum Gasteiger partial charge on any atom is -0.322 e. The van der Waals surface area contributed by atoms with E-state index in [1.165, 1.54) is 6.42 Å². The van der Waals surface area contributed by atoms with Gasteiger partial charge < -0.3 is 15.5 Å². The summed E-state index contributed by atoms with van der Waals surface area (Å²) >= 11 is 6.08. The molecule has 0 aliphatic carbocycles. The topological polar surface area (TPSA) is 44.4 Å². The molecule has 1 atom stereocenters. The van der Waals surface area contributed by atoms with Crippen LogP contribution in [0.25, 0.3) is 0 Å². The number of halogens is 1. The maximum atomic E-state index is 12.4. The molecule has 0 saturated carbocycles. The first kappa shape index (κ1) is 15.1. The molecule has 1 fully saturated rings. The molecule has 2 rings (SSSR count). The number of para-hydroxylation sites is 1. The van der Waals surface area contributed by atoms with Gasteiger partial charge in [0, 0.05) is 12.6 Å². The molecule has 0 radical (unpaired) electrons. The van der Waals surface area contributed by atoms with Gasteiger partial charge >= 0.3 is 6.03 Å². The van der Waals surface area contributed by atoms with Gasteiger partial charge in [0.25, 0.3) is 0 Å². The molecule has 4 nitrogen and oxygen atoms in total. The van der Waals surface area contributed by atoms with Crippen LogP contribution in [0.15, 0.2) is 24.3 Å². The number of anilines is 1. The van der Waals surface area contributed by atoms with E-state index in [1.54, 1.807) is 6.07 Å². The van der Waals surface area contributed by atoms with E-state index in [-0.39, 0.29) is 6.03 Å². The van der Waals surface area contributed by atoms with Crippen LogP contribution in [0.1, 0.15) is 25.7 Å². The van der Waals surface area contributed by atoms with E-state index in [0.717, 1.165) is 32.4 Å². The van der Waals surface area contributed by atoms with Crippen molar-refractivity contribution in [3.8, 4) is 0 Å². The number of nitrogens with one attached hydrogen (secondary N) is 2. The number of carbonyl (C=O) groups is 1. The van der Waals surface area contributed by atoms with Gasteiger partial charge in [0.05, 0.1) is 10.7 Å². The number of carbonyl (C=O) groups excluding carboxylic acids is 1. The Morgan fingerprint density at radius 3 is 2.95 bits per heavy atom. The largest absolute Gasteiger partial charge is 0.322 e. The fourth-order valence-electron chi connectivity index (χ4n) is 2.63. The molecule has 2 amide bonds. The molecule has 5 heteroatoms. The number of hydrogen-bond acceptors (Lipinski definition) is 2. The van der Waals surface area contributed by atoms with Gasteiger partial charge in [-0.3, -0.25) is 0 Å². The van der Waals surface area contributed by atoms with Crippen molar-refractivity contribution in [2.45, 2.75) is 31.7 Å². The lowest BCUT2D eigenvalue weighted by atomic mass is 10.00. The van der Waals surface area contributed by atoms with Crippen LogP contribution in [-0.2, 0) is 0 Å². The summed E-state index contributed by atoms with van der Waals surface area (Å²) in [6.45, 7) is 1.76. The number of nitrogens with zero attached hydrogens (tertiary/aromatic N) is 1. The second-order valence-electron chi connectivity index (χ2n) is 5.15. The Balaban J connectivity index is 2.00. The molecule has 1 aromatic rings. The first-order chi connectivity index (χ1) is 9.72. The van der Waals surface area contributed by atoms with Gasteiger partial charge in [-0.15, -0.1) is 0 Å². The smallest absolute Gasteiger partial charge is 0.322 e. The van der Waals surface area contributed by atoms with E-state index >= 15 is 0 Å². The van der Waals surface area contributed by atoms with Crippen LogP contribution >= 0.6 is 11.6 Å². The highest BCUT2D eigenvalue weighted by atomic mass is 35.5. The van der Waals surface area contributed by atoms with Crippen molar-refractivity contribution < 1.29 is 4.79 Å². The molecule has 0 bridgehead atoms. The Morgan fingerprint density at radius 2 is 2.20 bits per heavy atom. The molecule has 20 heavy (non-hydrogen) atoms. The van der Waals surface area contributed by atoms with E-state index in [2.05, 4.69) is 10.6 Å². The minimum atomic E-state index is -0.0427. The molecule has 1 aliphatic heterocycles. The standard InChI is InChI=1S/C15H22ClN3O/c1-17-10-9-12-6-4-5-11-19(12)15(20)18-14-8-3-2-7-13(14)16/h2-3,7-8,12,17H,4-6,9-11H2,1H3,(H,18,20). The number of amides is 2. The van der Waals surface area contributed by atoms with E-state index < -0.39 is 0 Å². The van der Waals surface area contributed by atoms with Crippen LogP contribution in [0.4, 0.5) is 10.5 Å². The summed E-state index contributed by atoms with van der Waals surface area (Å²) in [7, 11) is 1.94. The molecule has 1 aromatic carbocycles. The highest BCUT2D eigenvalue weighted by molar-refractivity contribution is 6.33. The van der Waals surface area contributed by atoms with Gasteiger partial charge in [-0.05, 0) is 51.4 Å². The molecule has 2 N–H and O–H groups in total. The fraction of sp³-hybridized carbons (Fsp3) is 0.533. The van der Waals surface area contributed by atoms with Crippen molar-refractivity contribution in [1.29, 1.82) is 0 Å². The molecule has 0 spiro atoms. The van der Waals surface area contributed by atoms with Crippen molar-refractivity contribution in [2.75, 3.05) is 25.5 Å². The van der Waals surface area contributed by atoms with Gasteiger partial charge in [0.1, 0.15) is 0 Å². The number of benzene rings is 1. The Bertz CT molecular complexity index is 452. The van der Waals surface area contributed by atoms with Crippen LogP contribution < -0.4 is 10.6 Å². The normalized spacial score (nSPS) is 18.9. The maximum absolute atomic E-state index is 12.4. The van der Waals surface area contributed by atoms with Crippen LogP contribution in [0.5, 0.6) is 0 Å². The molecule has 110 valence electrons. The molecular formula is C15H22ClN3O. The third-order valence-electron chi connectivity index (χ3n) is 3.73. The van der Waals surface area contributed by atoms with Crippen LogP contribution in [0, 0.1) is 0 Å². The zero-order valence-corrected chi connectivity index (χ0v) is 12.6. The fourth-order valence-corrected chi connectivity index (χ4v) is 2.81. The lowest BCUT2D eigenvalue weighted by molar-refractivity contribution is 0.158. The highest BCUT2D eigenvalue weighted by Crippen LogP contribution is 2.24. The lowest BCUT2D eigenvalue weighted by Gasteiger charge is -2.35. The number of rotatable bonds is 4. The first-order valence-corrected chi connectivity index (χ1v) is 7.57. The van der Waals surface area contributed by atoms with Gasteiger partial charge in [-0.2, -0.15) is 0 Å². The Kier molecular flexibility index (Phi) is 5.68. The molecule has 0 aromatic heterocycles. The third kappa shape index (κ3) is 3.87. The molecule has 1 heterocycles. The van der Waals surface area contributed by atoms with Gasteiger partial charge in [-0.25, -0.2) is 4.79 Å². The summed E-state index contributed by atoms with van der Waals surface area (Å²) in [6.07, 6.45) is 4.35. The molecule has 1 aliphatic rings. The predicted molar refractivity (Wildman–Crippen MR) is 83.4 cm³/mol. The zero-order valence-electron chi connectivity index (χ0n) is 11.9. The summed E-state index contributed by atoms with van der Waals surface area (Å²) < 4.78 is 0. The molecular weight excluding hydrogens is 274 g/mol. The number of urea groups is 1. The Hall–Kier alpha value is -1.26. The van der Waals surface area contributed by atoms with E-state index in [4.69, 9.17) is 11.6 Å². The minimum absolute atomic E-state index is 0.0427. The van der Waals surface area contributed by atoms with E-state index in [1.807, 2.05) is 30.1 Å². The second-order valence-corrected chi connectivity index (χ2v) is 5.55. The quantitative estimate of drug-likeness (QED) is 0.895. The van der Waals surface area contributed by atoms with Crippen LogP contribution in [0.3, 0.4) is 0 Å². The number of likely N-dealkylation sites (tertiary alicyclic amines) is 1. The summed E-state index contributed by atoms with van der Waals surface area (Å²) in [4.78, 5) is 14.4. The third-order valence-corrected chi connectivity index (χ3v) is 4.06. The summed E-state index contributed by atoms with van der Waals surface area (Å²) in [6, 6.07) is 7.61. The van der Waals surface area contributed by atoms with Gasteiger partial charge in [-0.1, -0.05) is 23.7 Å². The lowest BCUT2D eigenvalue weighted by Crippen LogP contribution is -2.46. The number of hydrogen-bond donors (Lipinski definition) is 2. The van der Waals surface area contributed by atoms with Crippen molar-refractivity contribution >= 4 is 23.3 Å². The molecule has 1 unspecified atom stereocenters. The predicted octanol–water partition coefficient (Wildman–Crippen LogP) is 3.34. The SMILES string of the molecule is CNCCC1CCCCN1C(=O)Nc1ccccc1Cl. The zero-order chi connectivity index (χ0) is 14.4. The highest BCUT2D eigenvalue weighted by Gasteiger charge is 2.26. The van der Waals surface area contributed by atoms with Gasteiger partial charge in [0.2, 0.25) is 0 Å². The first-order valence-electron chi connectivity index (χ1n) is 7.19. The van der Waals surface area contributed by atoms with Crippen molar-refractivity contribution in [3.05, 3.63) is 29.3 Å². The average molecular weight is 296 g/mol. The van der Waals surface area contributed by atoms with Crippen molar-refractivity contribution in [1.82, 2.24) is 10.2 Å². The second kappa shape index (κ2) is 7.50. The van der Waals surface area contributed by atoms with E-state index in [0.29, 0.717) is 16.8 Å². The van der Waals surface area contributed by atoms with Crippen LogP contribution in [0.2, 0.25) is 5.02 Å². The van der Waals surface area contributed by atoms with Crippen molar-refractivity contribution in [2.24, 2.45) is 0 Å². The maximum Gasteiger partial charge on any atom is 0.322 e. The molecule has 1 saturated heterocycles. The number of piperidine rings is 1. The average Bonchev–Trinajstić information content (AvgIpc) is 2.47. The summed E-state index contributed by atoms with van der Waals surface area (Å²) in [5, 5.41) is 6.65.